The van der Waals surface area contributed by atoms with Crippen molar-refractivity contribution in [1.82, 2.24) is 8.87 Å². The van der Waals surface area contributed by atoms with Crippen LogP contribution in [0.15, 0.2) is 46.4 Å². The Morgan fingerprint density at radius 2 is 1.67 bits per heavy atom. The van der Waals surface area contributed by atoms with Crippen LogP contribution in [0.2, 0.25) is 0 Å². The molecule has 2 heterocycles. The zero-order valence-electron chi connectivity index (χ0n) is 18.4. The molecule has 2 aromatic rings. The van der Waals surface area contributed by atoms with E-state index in [-0.39, 0.29) is 17.9 Å². The van der Waals surface area contributed by atoms with Crippen molar-refractivity contribution in [3.8, 4) is 0 Å². The molecule has 1 aromatic heterocycles. The quantitative estimate of drug-likeness (QED) is 0.747. The lowest BCUT2D eigenvalue weighted by Gasteiger charge is -2.31. The molecule has 7 heteroatoms. The number of carbonyl (C=O) groups is 1. The smallest absolute Gasteiger partial charge is 0.243 e. The number of carbonyl (C=O) groups excluding carboxylic acids is 1. The van der Waals surface area contributed by atoms with Crippen molar-refractivity contribution in [3.05, 3.63) is 58.7 Å². The highest BCUT2D eigenvalue weighted by atomic mass is 32.2. The molecular formula is C23H31N3O3S. The summed E-state index contributed by atoms with van der Waals surface area (Å²) < 4.78 is 29.7. The summed E-state index contributed by atoms with van der Waals surface area (Å²) in [5.41, 5.74) is 3.23. The first-order valence-electron chi connectivity index (χ1n) is 10.4. The van der Waals surface area contributed by atoms with Gasteiger partial charge in [0.15, 0.2) is 0 Å². The molecule has 30 heavy (non-hydrogen) atoms. The Bertz CT molecular complexity index is 1090. The lowest BCUT2D eigenvalue weighted by molar-refractivity contribution is 0.0781. The van der Waals surface area contributed by atoms with Gasteiger partial charge in [-0.05, 0) is 70.7 Å². The monoisotopic (exact) mass is 429 g/mol. The number of hydrogen-bond acceptors (Lipinski definition) is 4. The van der Waals surface area contributed by atoms with Crippen LogP contribution in [0.4, 0.5) is 0 Å². The third-order valence-electron chi connectivity index (χ3n) is 5.47. The van der Waals surface area contributed by atoms with E-state index in [9.17, 15) is 13.2 Å². The van der Waals surface area contributed by atoms with Crippen molar-refractivity contribution in [2.75, 3.05) is 13.1 Å². The zero-order valence-corrected chi connectivity index (χ0v) is 19.2. The van der Waals surface area contributed by atoms with Crippen LogP contribution in [-0.4, -0.2) is 42.3 Å². The largest absolute Gasteiger partial charge is 0.274 e. The van der Waals surface area contributed by atoms with Gasteiger partial charge >= 0.3 is 0 Å². The van der Waals surface area contributed by atoms with Crippen LogP contribution in [0.3, 0.4) is 0 Å². The molecule has 1 aliphatic heterocycles. The molecule has 1 saturated heterocycles. The number of piperidine rings is 1. The number of benzene rings is 1. The standard InChI is InChI=1S/C23H31N3O3S/c1-16(2)24-21-8-6-7-11-26(21)23(27)20-9-12-25(13-10-20)30(28,29)22-18(4)14-17(3)15-19(22)5/h6-8,11,14-16,20H,9-10,12-13H2,1-5H3. The van der Waals surface area contributed by atoms with Gasteiger partial charge in [-0.3, -0.25) is 14.4 Å². The summed E-state index contributed by atoms with van der Waals surface area (Å²) in [6.45, 7) is 10.3. The highest BCUT2D eigenvalue weighted by Crippen LogP contribution is 2.29. The van der Waals surface area contributed by atoms with Crippen LogP contribution >= 0.6 is 0 Å². The maximum absolute atomic E-state index is 13.3. The van der Waals surface area contributed by atoms with Gasteiger partial charge in [0, 0.05) is 31.2 Å². The van der Waals surface area contributed by atoms with Gasteiger partial charge in [-0.1, -0.05) is 23.8 Å². The highest BCUT2D eigenvalue weighted by Gasteiger charge is 2.34. The number of rotatable bonds is 4. The topological polar surface area (TPSA) is 71.7 Å². The SMILES string of the molecule is Cc1cc(C)c(S(=O)(=O)N2CCC(C(=O)n3ccccc3=NC(C)C)CC2)c(C)c1. The lowest BCUT2D eigenvalue weighted by atomic mass is 9.97. The van der Waals surface area contributed by atoms with Gasteiger partial charge in [0.25, 0.3) is 0 Å². The van der Waals surface area contributed by atoms with Gasteiger partial charge < -0.3 is 0 Å². The summed E-state index contributed by atoms with van der Waals surface area (Å²) in [6.07, 6.45) is 2.75. The molecule has 0 amide bonds. The van der Waals surface area contributed by atoms with Crippen LogP contribution in [-0.2, 0) is 10.0 Å². The summed E-state index contributed by atoms with van der Waals surface area (Å²) >= 11 is 0. The third kappa shape index (κ3) is 4.57. The second kappa shape index (κ2) is 8.86. The number of hydrogen-bond donors (Lipinski definition) is 0. The van der Waals surface area contributed by atoms with Crippen molar-refractivity contribution in [3.63, 3.8) is 0 Å². The van der Waals surface area contributed by atoms with E-state index < -0.39 is 10.0 Å². The number of nitrogens with zero attached hydrogens (tertiary/aromatic N) is 3. The van der Waals surface area contributed by atoms with Crippen molar-refractivity contribution >= 4 is 15.9 Å². The number of aryl methyl sites for hydroxylation is 3. The van der Waals surface area contributed by atoms with E-state index in [0.29, 0.717) is 36.3 Å². The minimum atomic E-state index is -3.58. The van der Waals surface area contributed by atoms with Gasteiger partial charge in [0.2, 0.25) is 15.9 Å². The maximum atomic E-state index is 13.3. The summed E-state index contributed by atoms with van der Waals surface area (Å²) in [5.74, 6) is -0.236. The first-order chi connectivity index (χ1) is 14.1. The Morgan fingerprint density at radius 1 is 1.07 bits per heavy atom. The Balaban J connectivity index is 1.80. The minimum Gasteiger partial charge on any atom is -0.274 e. The molecule has 0 aliphatic carbocycles. The first kappa shape index (κ1) is 22.4. The number of aromatic nitrogens is 1. The van der Waals surface area contributed by atoms with E-state index in [2.05, 4.69) is 4.99 Å². The van der Waals surface area contributed by atoms with Crippen LogP contribution < -0.4 is 5.49 Å². The van der Waals surface area contributed by atoms with Crippen LogP contribution in [0.5, 0.6) is 0 Å². The molecule has 6 nitrogen and oxygen atoms in total. The average molecular weight is 430 g/mol. The van der Waals surface area contributed by atoms with E-state index >= 15 is 0 Å². The zero-order chi connectivity index (χ0) is 22.1. The summed E-state index contributed by atoms with van der Waals surface area (Å²) in [6, 6.07) is 9.41. The summed E-state index contributed by atoms with van der Waals surface area (Å²) in [7, 11) is -3.58. The lowest BCUT2D eigenvalue weighted by Crippen LogP contribution is -2.43. The molecule has 0 unspecified atom stereocenters. The molecule has 0 N–H and O–H groups in total. The number of pyridine rings is 1. The predicted octanol–water partition coefficient (Wildman–Crippen LogP) is 3.46. The summed E-state index contributed by atoms with van der Waals surface area (Å²) in [5, 5.41) is 0. The Labute approximate surface area is 179 Å². The van der Waals surface area contributed by atoms with Gasteiger partial charge in [0.1, 0.15) is 5.49 Å². The van der Waals surface area contributed by atoms with E-state index in [1.165, 1.54) is 4.31 Å². The molecule has 0 radical (unpaired) electrons. The molecule has 1 fully saturated rings. The molecule has 162 valence electrons. The van der Waals surface area contributed by atoms with Crippen LogP contribution in [0.1, 0.15) is 48.2 Å². The number of sulfonamides is 1. The Morgan fingerprint density at radius 3 is 2.23 bits per heavy atom. The molecular weight excluding hydrogens is 398 g/mol. The maximum Gasteiger partial charge on any atom is 0.243 e. The fourth-order valence-electron chi connectivity index (χ4n) is 4.23. The summed E-state index contributed by atoms with van der Waals surface area (Å²) in [4.78, 5) is 18.0. The van der Waals surface area contributed by atoms with Crippen LogP contribution in [0.25, 0.3) is 0 Å². The van der Waals surface area contributed by atoms with E-state index in [1.807, 2.05) is 65.0 Å². The van der Waals surface area contributed by atoms with Crippen molar-refractivity contribution < 1.29 is 13.2 Å². The normalized spacial score (nSPS) is 16.9. The molecule has 3 rings (SSSR count). The Hall–Kier alpha value is -2.25. The average Bonchev–Trinajstić information content (AvgIpc) is 2.66. The Kier molecular flexibility index (Phi) is 6.62. The van der Waals surface area contributed by atoms with E-state index in [0.717, 1.165) is 16.7 Å². The van der Waals surface area contributed by atoms with Gasteiger partial charge in [-0.15, -0.1) is 0 Å². The fourth-order valence-corrected chi connectivity index (χ4v) is 6.11. The predicted molar refractivity (Wildman–Crippen MR) is 118 cm³/mol. The van der Waals surface area contributed by atoms with E-state index in [4.69, 9.17) is 0 Å². The van der Waals surface area contributed by atoms with Crippen molar-refractivity contribution in [2.24, 2.45) is 10.9 Å². The fraction of sp³-hybridized carbons (Fsp3) is 0.478. The molecule has 1 aliphatic rings. The second-order valence-corrected chi connectivity index (χ2v) is 10.3. The molecule has 0 bridgehead atoms. The molecule has 1 aromatic carbocycles. The van der Waals surface area contributed by atoms with Gasteiger partial charge in [-0.2, -0.15) is 4.31 Å². The van der Waals surface area contributed by atoms with Gasteiger partial charge in [-0.25, -0.2) is 8.42 Å². The van der Waals surface area contributed by atoms with Crippen molar-refractivity contribution in [1.29, 1.82) is 0 Å². The van der Waals surface area contributed by atoms with Crippen LogP contribution in [0, 0.1) is 26.7 Å². The van der Waals surface area contributed by atoms with Crippen molar-refractivity contribution in [2.45, 2.75) is 58.4 Å². The van der Waals surface area contributed by atoms with E-state index in [1.54, 1.807) is 10.8 Å². The molecule has 0 saturated carbocycles. The third-order valence-corrected chi connectivity index (χ3v) is 7.68. The first-order valence-corrected chi connectivity index (χ1v) is 11.9. The van der Waals surface area contributed by atoms with Gasteiger partial charge in [0.05, 0.1) is 4.90 Å². The highest BCUT2D eigenvalue weighted by molar-refractivity contribution is 7.89. The minimum absolute atomic E-state index is 0.0188. The molecule has 0 atom stereocenters. The second-order valence-electron chi connectivity index (χ2n) is 8.40. The molecule has 0 spiro atoms.